The number of nitrogens with one attached hydrogen (secondary N) is 1. The molecule has 2 heteroatoms. The zero-order chi connectivity index (χ0) is 13.2. The van der Waals surface area contributed by atoms with E-state index in [1.807, 2.05) is 0 Å². The van der Waals surface area contributed by atoms with Gasteiger partial charge in [-0.2, -0.15) is 0 Å². The third-order valence-corrected chi connectivity index (χ3v) is 4.94. The van der Waals surface area contributed by atoms with Crippen molar-refractivity contribution in [3.05, 3.63) is 29.3 Å². The average molecular weight is 259 g/mol. The molecule has 2 aliphatic carbocycles. The van der Waals surface area contributed by atoms with Gasteiger partial charge in [0.1, 0.15) is 5.75 Å². The summed E-state index contributed by atoms with van der Waals surface area (Å²) in [4.78, 5) is 0. The minimum atomic E-state index is 0.556. The summed E-state index contributed by atoms with van der Waals surface area (Å²) in [5.41, 5.74) is 2.99. The second kappa shape index (κ2) is 5.54. The van der Waals surface area contributed by atoms with Crippen LogP contribution >= 0.6 is 0 Å². The SMILES string of the molecule is COc1ccc2c(c1)CCCC2NC1CCCC1C. The van der Waals surface area contributed by atoms with Crippen molar-refractivity contribution in [2.75, 3.05) is 7.11 Å². The molecule has 0 aliphatic heterocycles. The molecule has 0 radical (unpaired) electrons. The van der Waals surface area contributed by atoms with Gasteiger partial charge in [0.2, 0.25) is 0 Å². The predicted molar refractivity (Wildman–Crippen MR) is 78.6 cm³/mol. The molecule has 2 nitrogen and oxygen atoms in total. The van der Waals surface area contributed by atoms with Crippen molar-refractivity contribution in [3.8, 4) is 5.75 Å². The fraction of sp³-hybridized carbons (Fsp3) is 0.647. The van der Waals surface area contributed by atoms with Crippen molar-refractivity contribution < 1.29 is 4.74 Å². The summed E-state index contributed by atoms with van der Waals surface area (Å²) in [5, 5.41) is 3.92. The molecule has 104 valence electrons. The van der Waals surface area contributed by atoms with Gasteiger partial charge < -0.3 is 10.1 Å². The lowest BCUT2D eigenvalue weighted by atomic mass is 9.86. The van der Waals surface area contributed by atoms with E-state index in [4.69, 9.17) is 4.74 Å². The number of benzene rings is 1. The molecule has 0 aromatic heterocycles. The summed E-state index contributed by atoms with van der Waals surface area (Å²) in [6.07, 6.45) is 7.90. The molecule has 1 aromatic carbocycles. The minimum absolute atomic E-state index is 0.556. The van der Waals surface area contributed by atoms with Crippen LogP contribution in [0.3, 0.4) is 0 Å². The first kappa shape index (κ1) is 13.0. The topological polar surface area (TPSA) is 21.3 Å². The molecule has 3 atom stereocenters. The Bertz CT molecular complexity index is 443. The highest BCUT2D eigenvalue weighted by Crippen LogP contribution is 2.35. The first-order valence-electron chi connectivity index (χ1n) is 7.71. The number of fused-ring (bicyclic) bond motifs is 1. The second-order valence-electron chi connectivity index (χ2n) is 6.19. The molecule has 2 aliphatic rings. The summed E-state index contributed by atoms with van der Waals surface area (Å²) in [7, 11) is 1.75. The number of hydrogen-bond acceptors (Lipinski definition) is 2. The molecule has 0 spiro atoms. The Morgan fingerprint density at radius 2 is 2.05 bits per heavy atom. The maximum atomic E-state index is 5.35. The van der Waals surface area contributed by atoms with E-state index >= 15 is 0 Å². The number of hydrogen-bond donors (Lipinski definition) is 1. The van der Waals surface area contributed by atoms with Crippen molar-refractivity contribution >= 4 is 0 Å². The maximum Gasteiger partial charge on any atom is 0.119 e. The summed E-state index contributed by atoms with van der Waals surface area (Å²) >= 11 is 0. The van der Waals surface area contributed by atoms with Gasteiger partial charge in [-0.1, -0.05) is 19.4 Å². The molecule has 0 saturated heterocycles. The zero-order valence-electron chi connectivity index (χ0n) is 12.1. The standard InChI is InChI=1S/C17H25NO/c1-12-5-3-7-16(12)18-17-8-4-6-13-11-14(19-2)9-10-15(13)17/h9-12,16-18H,3-8H2,1-2H3. The van der Waals surface area contributed by atoms with Gasteiger partial charge in [-0.15, -0.1) is 0 Å². The summed E-state index contributed by atoms with van der Waals surface area (Å²) in [6, 6.07) is 7.88. The van der Waals surface area contributed by atoms with Crippen LogP contribution in [-0.2, 0) is 6.42 Å². The first-order valence-corrected chi connectivity index (χ1v) is 7.71. The van der Waals surface area contributed by atoms with E-state index in [9.17, 15) is 0 Å². The normalized spacial score (nSPS) is 30.1. The van der Waals surface area contributed by atoms with Gasteiger partial charge in [-0.3, -0.25) is 0 Å². The lowest BCUT2D eigenvalue weighted by Gasteiger charge is -2.31. The average Bonchev–Trinajstić information content (AvgIpc) is 2.84. The van der Waals surface area contributed by atoms with Crippen LogP contribution in [0.25, 0.3) is 0 Å². The van der Waals surface area contributed by atoms with Gasteiger partial charge in [0.25, 0.3) is 0 Å². The van der Waals surface area contributed by atoms with Crippen molar-refractivity contribution in [2.24, 2.45) is 5.92 Å². The van der Waals surface area contributed by atoms with Gasteiger partial charge in [-0.05, 0) is 61.3 Å². The molecular formula is C17H25NO. The Morgan fingerprint density at radius 1 is 1.16 bits per heavy atom. The summed E-state index contributed by atoms with van der Waals surface area (Å²) in [6.45, 7) is 2.39. The Hall–Kier alpha value is -1.02. The highest BCUT2D eigenvalue weighted by atomic mass is 16.5. The lowest BCUT2D eigenvalue weighted by Crippen LogP contribution is -2.36. The van der Waals surface area contributed by atoms with Crippen LogP contribution in [0.4, 0.5) is 0 Å². The Kier molecular flexibility index (Phi) is 3.79. The van der Waals surface area contributed by atoms with Gasteiger partial charge >= 0.3 is 0 Å². The molecule has 3 rings (SSSR count). The van der Waals surface area contributed by atoms with Crippen LogP contribution in [-0.4, -0.2) is 13.2 Å². The molecule has 0 heterocycles. The quantitative estimate of drug-likeness (QED) is 0.890. The van der Waals surface area contributed by atoms with E-state index in [0.29, 0.717) is 6.04 Å². The Balaban J connectivity index is 1.78. The predicted octanol–water partition coefficient (Wildman–Crippen LogP) is 3.85. The highest BCUT2D eigenvalue weighted by Gasteiger charge is 2.28. The Morgan fingerprint density at radius 3 is 2.79 bits per heavy atom. The molecule has 3 unspecified atom stereocenters. The van der Waals surface area contributed by atoms with Crippen LogP contribution in [0.1, 0.15) is 56.2 Å². The Labute approximate surface area is 116 Å². The van der Waals surface area contributed by atoms with Crippen LogP contribution in [0.5, 0.6) is 5.75 Å². The minimum Gasteiger partial charge on any atom is -0.497 e. The van der Waals surface area contributed by atoms with Crippen molar-refractivity contribution in [1.29, 1.82) is 0 Å². The number of rotatable bonds is 3. The largest absolute Gasteiger partial charge is 0.497 e. The lowest BCUT2D eigenvalue weighted by molar-refractivity contribution is 0.349. The van der Waals surface area contributed by atoms with Gasteiger partial charge in [0, 0.05) is 12.1 Å². The van der Waals surface area contributed by atoms with Gasteiger partial charge in [0.05, 0.1) is 7.11 Å². The molecular weight excluding hydrogens is 234 g/mol. The first-order chi connectivity index (χ1) is 9.28. The van der Waals surface area contributed by atoms with Crippen molar-refractivity contribution in [1.82, 2.24) is 5.32 Å². The van der Waals surface area contributed by atoms with Crippen LogP contribution in [0, 0.1) is 5.92 Å². The van der Waals surface area contributed by atoms with Crippen LogP contribution in [0.2, 0.25) is 0 Å². The molecule has 19 heavy (non-hydrogen) atoms. The van der Waals surface area contributed by atoms with Crippen molar-refractivity contribution in [3.63, 3.8) is 0 Å². The van der Waals surface area contributed by atoms with E-state index in [0.717, 1.165) is 17.7 Å². The second-order valence-corrected chi connectivity index (χ2v) is 6.19. The number of ether oxygens (including phenoxy) is 1. The highest BCUT2D eigenvalue weighted by molar-refractivity contribution is 5.39. The van der Waals surface area contributed by atoms with E-state index in [1.165, 1.54) is 49.7 Å². The number of methoxy groups -OCH3 is 1. The van der Waals surface area contributed by atoms with E-state index in [-0.39, 0.29) is 0 Å². The van der Waals surface area contributed by atoms with Gasteiger partial charge in [0.15, 0.2) is 0 Å². The van der Waals surface area contributed by atoms with E-state index in [1.54, 1.807) is 7.11 Å². The molecule has 1 N–H and O–H groups in total. The molecule has 0 bridgehead atoms. The molecule has 1 saturated carbocycles. The fourth-order valence-corrected chi connectivity index (χ4v) is 3.74. The van der Waals surface area contributed by atoms with Gasteiger partial charge in [-0.25, -0.2) is 0 Å². The molecule has 1 aromatic rings. The molecule has 1 fully saturated rings. The van der Waals surface area contributed by atoms with Crippen molar-refractivity contribution in [2.45, 2.75) is 57.5 Å². The van der Waals surface area contributed by atoms with Crippen LogP contribution < -0.4 is 10.1 Å². The van der Waals surface area contributed by atoms with E-state index < -0.39 is 0 Å². The number of aryl methyl sites for hydroxylation is 1. The fourth-order valence-electron chi connectivity index (χ4n) is 3.74. The third kappa shape index (κ3) is 2.64. The summed E-state index contributed by atoms with van der Waals surface area (Å²) in [5.74, 6) is 1.83. The third-order valence-electron chi connectivity index (χ3n) is 4.94. The smallest absolute Gasteiger partial charge is 0.119 e. The maximum absolute atomic E-state index is 5.35. The van der Waals surface area contributed by atoms with E-state index in [2.05, 4.69) is 30.4 Å². The summed E-state index contributed by atoms with van der Waals surface area (Å²) < 4.78 is 5.35. The monoisotopic (exact) mass is 259 g/mol. The van der Waals surface area contributed by atoms with Crippen LogP contribution in [0.15, 0.2) is 18.2 Å². The molecule has 0 amide bonds. The zero-order valence-corrected chi connectivity index (χ0v) is 12.1.